The minimum Gasteiger partial charge on any atom is -0.478 e. The Hall–Kier alpha value is -2.43. The molecule has 1 aliphatic rings. The molecule has 1 aliphatic heterocycles. The standard InChI is InChI=1S/C14H13NO4/c1-8-3-4-11-10(5-8)13(18)14(19)15(11)7-9(2)6-12(16)17/h3-6H,7H2,1-2H3,(H,16,17). The normalized spacial score (nSPS) is 14.8. The van der Waals surface area contributed by atoms with Crippen LogP contribution in [0.25, 0.3) is 0 Å². The second-order valence-electron chi connectivity index (χ2n) is 4.57. The number of fused-ring (bicyclic) bond motifs is 1. The predicted octanol–water partition coefficient (Wildman–Crippen LogP) is 1.56. The number of aliphatic carboxylic acids is 1. The minimum absolute atomic E-state index is 0.104. The molecular formula is C14H13NO4. The van der Waals surface area contributed by atoms with Crippen LogP contribution in [-0.2, 0) is 9.59 Å². The molecule has 98 valence electrons. The van der Waals surface area contributed by atoms with Crippen molar-refractivity contribution in [3.8, 4) is 0 Å². The first-order valence-electron chi connectivity index (χ1n) is 5.77. The molecule has 0 bridgehead atoms. The molecule has 0 fully saturated rings. The Kier molecular flexibility index (Phi) is 3.21. The van der Waals surface area contributed by atoms with Gasteiger partial charge in [-0.25, -0.2) is 4.79 Å². The number of ketones is 1. The molecule has 0 spiro atoms. The maximum atomic E-state index is 11.9. The average Bonchev–Trinajstić information content (AvgIpc) is 2.53. The van der Waals surface area contributed by atoms with Crippen molar-refractivity contribution < 1.29 is 19.5 Å². The molecule has 19 heavy (non-hydrogen) atoms. The molecule has 1 N–H and O–H groups in total. The highest BCUT2D eigenvalue weighted by Gasteiger charge is 2.35. The number of carboxylic acid groups (broad SMARTS) is 1. The van der Waals surface area contributed by atoms with Crippen LogP contribution in [-0.4, -0.2) is 29.3 Å². The van der Waals surface area contributed by atoms with Gasteiger partial charge < -0.3 is 10.0 Å². The molecule has 2 rings (SSSR count). The third kappa shape index (κ3) is 2.40. The topological polar surface area (TPSA) is 74.7 Å². The summed E-state index contributed by atoms with van der Waals surface area (Å²) in [5.41, 5.74) is 2.33. The van der Waals surface area contributed by atoms with Gasteiger partial charge in [0.2, 0.25) is 0 Å². The number of anilines is 1. The van der Waals surface area contributed by atoms with Crippen LogP contribution in [0.15, 0.2) is 29.8 Å². The smallest absolute Gasteiger partial charge is 0.328 e. The van der Waals surface area contributed by atoms with Gasteiger partial charge >= 0.3 is 5.97 Å². The van der Waals surface area contributed by atoms with E-state index in [2.05, 4.69) is 0 Å². The molecule has 0 unspecified atom stereocenters. The van der Waals surface area contributed by atoms with Crippen molar-refractivity contribution in [3.63, 3.8) is 0 Å². The van der Waals surface area contributed by atoms with E-state index >= 15 is 0 Å². The summed E-state index contributed by atoms with van der Waals surface area (Å²) in [6, 6.07) is 5.20. The van der Waals surface area contributed by atoms with Gasteiger partial charge in [0.25, 0.3) is 11.7 Å². The van der Waals surface area contributed by atoms with Crippen molar-refractivity contribution in [1.82, 2.24) is 0 Å². The van der Waals surface area contributed by atoms with Gasteiger partial charge in [-0.15, -0.1) is 0 Å². The van der Waals surface area contributed by atoms with Gasteiger partial charge in [-0.05, 0) is 31.6 Å². The number of Topliss-reactive ketones (excluding diaryl/α,β-unsaturated/α-hetero) is 1. The second kappa shape index (κ2) is 4.68. The van der Waals surface area contributed by atoms with Crippen LogP contribution in [0, 0.1) is 6.92 Å². The van der Waals surface area contributed by atoms with Crippen LogP contribution in [0.3, 0.4) is 0 Å². The first kappa shape index (κ1) is 13.0. The number of carbonyl (C=O) groups is 3. The van der Waals surface area contributed by atoms with E-state index in [1.807, 2.05) is 13.0 Å². The molecule has 0 aliphatic carbocycles. The van der Waals surface area contributed by atoms with Crippen molar-refractivity contribution in [2.75, 3.05) is 11.4 Å². The zero-order chi connectivity index (χ0) is 14.2. The summed E-state index contributed by atoms with van der Waals surface area (Å²) in [4.78, 5) is 35.6. The Bertz CT molecular complexity index is 616. The van der Waals surface area contributed by atoms with E-state index < -0.39 is 17.7 Å². The highest BCUT2D eigenvalue weighted by atomic mass is 16.4. The Balaban J connectivity index is 2.37. The summed E-state index contributed by atoms with van der Waals surface area (Å²) in [6.45, 7) is 3.56. The number of hydrogen-bond acceptors (Lipinski definition) is 3. The van der Waals surface area contributed by atoms with E-state index in [4.69, 9.17) is 5.11 Å². The number of rotatable bonds is 3. The Labute approximate surface area is 110 Å². The zero-order valence-corrected chi connectivity index (χ0v) is 10.6. The fourth-order valence-corrected chi connectivity index (χ4v) is 2.08. The molecule has 5 nitrogen and oxygen atoms in total. The maximum absolute atomic E-state index is 11.9. The van der Waals surface area contributed by atoms with Crippen molar-refractivity contribution in [1.29, 1.82) is 0 Å². The second-order valence-corrected chi connectivity index (χ2v) is 4.57. The average molecular weight is 259 g/mol. The number of nitrogens with zero attached hydrogens (tertiary/aromatic N) is 1. The lowest BCUT2D eigenvalue weighted by Crippen LogP contribution is -2.31. The number of carboxylic acids is 1. The van der Waals surface area contributed by atoms with Crippen molar-refractivity contribution in [2.24, 2.45) is 0 Å². The quantitative estimate of drug-likeness (QED) is 0.660. The Morgan fingerprint density at radius 1 is 1.37 bits per heavy atom. The van der Waals surface area contributed by atoms with Gasteiger partial charge in [0.1, 0.15) is 0 Å². The summed E-state index contributed by atoms with van der Waals surface area (Å²) in [5.74, 6) is -2.22. The summed E-state index contributed by atoms with van der Waals surface area (Å²) >= 11 is 0. The largest absolute Gasteiger partial charge is 0.478 e. The maximum Gasteiger partial charge on any atom is 0.328 e. The lowest BCUT2D eigenvalue weighted by molar-refractivity contribution is -0.131. The van der Waals surface area contributed by atoms with Crippen molar-refractivity contribution >= 4 is 23.3 Å². The lowest BCUT2D eigenvalue weighted by Gasteiger charge is -2.16. The van der Waals surface area contributed by atoms with E-state index in [1.165, 1.54) is 4.90 Å². The van der Waals surface area contributed by atoms with Gasteiger partial charge in [-0.3, -0.25) is 9.59 Å². The zero-order valence-electron chi connectivity index (χ0n) is 10.6. The highest BCUT2D eigenvalue weighted by Crippen LogP contribution is 2.30. The third-order valence-corrected chi connectivity index (χ3v) is 2.90. The van der Waals surface area contributed by atoms with Crippen molar-refractivity contribution in [2.45, 2.75) is 13.8 Å². The molecule has 0 radical (unpaired) electrons. The third-order valence-electron chi connectivity index (χ3n) is 2.90. The van der Waals surface area contributed by atoms with Crippen LogP contribution < -0.4 is 4.90 Å². The van der Waals surface area contributed by atoms with E-state index in [9.17, 15) is 14.4 Å². The van der Waals surface area contributed by atoms with E-state index in [0.717, 1.165) is 11.6 Å². The summed E-state index contributed by atoms with van der Waals surface area (Å²) in [5, 5.41) is 8.66. The summed E-state index contributed by atoms with van der Waals surface area (Å²) < 4.78 is 0. The van der Waals surface area contributed by atoms with Crippen LogP contribution >= 0.6 is 0 Å². The molecule has 1 amide bonds. The molecule has 0 aromatic heterocycles. The monoisotopic (exact) mass is 259 g/mol. The Morgan fingerprint density at radius 3 is 2.68 bits per heavy atom. The number of amides is 1. The van der Waals surface area contributed by atoms with Gasteiger partial charge in [-0.1, -0.05) is 11.6 Å². The molecule has 0 atom stereocenters. The molecular weight excluding hydrogens is 246 g/mol. The molecule has 1 aromatic carbocycles. The van der Waals surface area contributed by atoms with E-state index in [0.29, 0.717) is 16.8 Å². The Morgan fingerprint density at radius 2 is 2.05 bits per heavy atom. The molecule has 0 saturated carbocycles. The van der Waals surface area contributed by atoms with Gasteiger partial charge in [0.05, 0.1) is 11.3 Å². The molecule has 1 aromatic rings. The fraction of sp³-hybridized carbons (Fsp3) is 0.214. The number of benzene rings is 1. The molecule has 5 heteroatoms. The fourth-order valence-electron chi connectivity index (χ4n) is 2.08. The molecule has 1 heterocycles. The summed E-state index contributed by atoms with van der Waals surface area (Å²) in [7, 11) is 0. The predicted molar refractivity (Wildman–Crippen MR) is 69.3 cm³/mol. The minimum atomic E-state index is -1.07. The van der Waals surface area contributed by atoms with E-state index in [1.54, 1.807) is 19.1 Å². The highest BCUT2D eigenvalue weighted by molar-refractivity contribution is 6.52. The number of aryl methyl sites for hydroxylation is 1. The van der Waals surface area contributed by atoms with Gasteiger partial charge in [-0.2, -0.15) is 0 Å². The lowest BCUT2D eigenvalue weighted by atomic mass is 10.1. The number of carbonyl (C=O) groups excluding carboxylic acids is 2. The van der Waals surface area contributed by atoms with Gasteiger partial charge in [0.15, 0.2) is 0 Å². The van der Waals surface area contributed by atoms with Crippen molar-refractivity contribution in [3.05, 3.63) is 41.0 Å². The first-order chi connectivity index (χ1) is 8.90. The first-order valence-corrected chi connectivity index (χ1v) is 5.77. The number of hydrogen-bond donors (Lipinski definition) is 1. The van der Waals surface area contributed by atoms with Crippen LogP contribution in [0.4, 0.5) is 5.69 Å². The SMILES string of the molecule is CC(=CC(=O)O)CN1C(=O)C(=O)c2cc(C)ccc21. The molecule has 0 saturated heterocycles. The van der Waals surface area contributed by atoms with Crippen LogP contribution in [0.1, 0.15) is 22.8 Å². The van der Waals surface area contributed by atoms with Crippen LogP contribution in [0.5, 0.6) is 0 Å². The van der Waals surface area contributed by atoms with Gasteiger partial charge in [0, 0.05) is 12.6 Å². The van der Waals surface area contributed by atoms with Crippen LogP contribution in [0.2, 0.25) is 0 Å². The van der Waals surface area contributed by atoms with E-state index in [-0.39, 0.29) is 6.54 Å². The summed E-state index contributed by atoms with van der Waals surface area (Å²) in [6.07, 6.45) is 1.03.